The fourth-order valence-corrected chi connectivity index (χ4v) is 2.67. The SMILES string of the molecule is CCOc1ccc(C(=O)c2ccccc2C(=O)NCC(C)CN)cc1OCC. The molecule has 0 fully saturated rings. The molecule has 2 aromatic rings. The van der Waals surface area contributed by atoms with E-state index >= 15 is 0 Å². The summed E-state index contributed by atoms with van der Waals surface area (Å²) in [5.74, 6) is 0.713. The first-order chi connectivity index (χ1) is 13.5. The first kappa shape index (κ1) is 21.4. The number of ketones is 1. The Morgan fingerprint density at radius 2 is 1.64 bits per heavy atom. The smallest absolute Gasteiger partial charge is 0.252 e. The van der Waals surface area contributed by atoms with Crippen LogP contribution in [0.1, 0.15) is 47.1 Å². The zero-order valence-electron chi connectivity index (χ0n) is 16.7. The van der Waals surface area contributed by atoms with Crippen molar-refractivity contribution in [2.75, 3.05) is 26.3 Å². The molecule has 2 aromatic carbocycles. The van der Waals surface area contributed by atoms with Crippen molar-refractivity contribution in [2.45, 2.75) is 20.8 Å². The number of nitrogens with one attached hydrogen (secondary N) is 1. The Balaban J connectivity index is 2.31. The molecule has 0 saturated carbocycles. The van der Waals surface area contributed by atoms with Gasteiger partial charge < -0.3 is 20.5 Å². The molecule has 0 radical (unpaired) electrons. The lowest BCUT2D eigenvalue weighted by Gasteiger charge is -2.14. The lowest BCUT2D eigenvalue weighted by atomic mass is 9.97. The van der Waals surface area contributed by atoms with Gasteiger partial charge in [0.05, 0.1) is 18.8 Å². The van der Waals surface area contributed by atoms with E-state index in [2.05, 4.69) is 5.32 Å². The zero-order chi connectivity index (χ0) is 20.5. The van der Waals surface area contributed by atoms with Crippen molar-refractivity contribution < 1.29 is 19.1 Å². The van der Waals surface area contributed by atoms with E-state index < -0.39 is 0 Å². The van der Waals surface area contributed by atoms with Gasteiger partial charge in [-0.05, 0) is 50.6 Å². The van der Waals surface area contributed by atoms with Gasteiger partial charge in [0.1, 0.15) is 0 Å². The summed E-state index contributed by atoms with van der Waals surface area (Å²) in [7, 11) is 0. The Hall–Kier alpha value is -2.86. The van der Waals surface area contributed by atoms with Crippen LogP contribution in [0.5, 0.6) is 11.5 Å². The third-order valence-electron chi connectivity index (χ3n) is 4.24. The van der Waals surface area contributed by atoms with Gasteiger partial charge >= 0.3 is 0 Å². The van der Waals surface area contributed by atoms with Crippen LogP contribution in [0.15, 0.2) is 42.5 Å². The second-order valence-corrected chi connectivity index (χ2v) is 6.45. The van der Waals surface area contributed by atoms with Crippen LogP contribution in [0.25, 0.3) is 0 Å². The van der Waals surface area contributed by atoms with Gasteiger partial charge in [-0.1, -0.05) is 25.1 Å². The highest BCUT2D eigenvalue weighted by Crippen LogP contribution is 2.29. The zero-order valence-corrected chi connectivity index (χ0v) is 16.7. The maximum Gasteiger partial charge on any atom is 0.252 e. The minimum absolute atomic E-state index is 0.159. The topological polar surface area (TPSA) is 90.7 Å². The number of carbonyl (C=O) groups excluding carboxylic acids is 2. The van der Waals surface area contributed by atoms with E-state index in [1.54, 1.807) is 42.5 Å². The minimum atomic E-state index is -0.291. The number of carbonyl (C=O) groups is 2. The second kappa shape index (κ2) is 10.5. The van der Waals surface area contributed by atoms with E-state index in [4.69, 9.17) is 15.2 Å². The molecule has 0 aliphatic heterocycles. The van der Waals surface area contributed by atoms with Gasteiger partial charge in [0.15, 0.2) is 17.3 Å². The lowest BCUT2D eigenvalue weighted by molar-refractivity contribution is 0.0937. The van der Waals surface area contributed by atoms with Crippen molar-refractivity contribution in [3.8, 4) is 11.5 Å². The average molecular weight is 384 g/mol. The number of rotatable bonds is 10. The fourth-order valence-electron chi connectivity index (χ4n) is 2.67. The Morgan fingerprint density at radius 1 is 1.00 bits per heavy atom. The summed E-state index contributed by atoms with van der Waals surface area (Å²) in [6.45, 7) is 7.59. The maximum absolute atomic E-state index is 13.1. The first-order valence-corrected chi connectivity index (χ1v) is 9.53. The van der Waals surface area contributed by atoms with Gasteiger partial charge in [-0.3, -0.25) is 9.59 Å². The van der Waals surface area contributed by atoms with Gasteiger partial charge in [0, 0.05) is 17.7 Å². The van der Waals surface area contributed by atoms with Crippen LogP contribution < -0.4 is 20.5 Å². The molecule has 28 heavy (non-hydrogen) atoms. The molecule has 0 saturated heterocycles. The van der Waals surface area contributed by atoms with Gasteiger partial charge in [-0.25, -0.2) is 0 Å². The Kier molecular flexibility index (Phi) is 8.02. The largest absolute Gasteiger partial charge is 0.490 e. The molecule has 0 bridgehead atoms. The maximum atomic E-state index is 13.1. The van der Waals surface area contributed by atoms with E-state index in [-0.39, 0.29) is 17.6 Å². The molecule has 0 spiro atoms. The molecule has 0 aromatic heterocycles. The molecular formula is C22H28N2O4. The van der Waals surface area contributed by atoms with Gasteiger partial charge in [0.25, 0.3) is 5.91 Å². The molecule has 3 N–H and O–H groups in total. The number of benzene rings is 2. The summed E-state index contributed by atoms with van der Waals surface area (Å²) >= 11 is 0. The standard InChI is InChI=1S/C22H28N2O4/c1-4-27-19-11-10-16(12-20(19)28-5-2)21(25)17-8-6-7-9-18(17)22(26)24-14-15(3)13-23/h6-12,15H,4-5,13-14,23H2,1-3H3,(H,24,26). The highest BCUT2D eigenvalue weighted by Gasteiger charge is 2.20. The van der Waals surface area contributed by atoms with Crippen LogP contribution in [-0.4, -0.2) is 38.0 Å². The Morgan fingerprint density at radius 3 is 2.29 bits per heavy atom. The number of nitrogens with two attached hydrogens (primary N) is 1. The Labute approximate surface area is 166 Å². The van der Waals surface area contributed by atoms with Gasteiger partial charge in [-0.15, -0.1) is 0 Å². The van der Waals surface area contributed by atoms with E-state index in [1.807, 2.05) is 20.8 Å². The van der Waals surface area contributed by atoms with E-state index in [9.17, 15) is 9.59 Å². The fraction of sp³-hybridized carbons (Fsp3) is 0.364. The molecule has 1 amide bonds. The van der Waals surface area contributed by atoms with Crippen LogP contribution in [0.4, 0.5) is 0 Å². The summed E-state index contributed by atoms with van der Waals surface area (Å²) < 4.78 is 11.1. The monoisotopic (exact) mass is 384 g/mol. The molecule has 1 atom stereocenters. The van der Waals surface area contributed by atoms with Crippen LogP contribution in [0, 0.1) is 5.92 Å². The summed E-state index contributed by atoms with van der Waals surface area (Å²) in [5.41, 5.74) is 6.71. The number of hydrogen-bond acceptors (Lipinski definition) is 5. The Bertz CT molecular complexity index is 820. The summed E-state index contributed by atoms with van der Waals surface area (Å²) in [6, 6.07) is 11.8. The van der Waals surface area contributed by atoms with Crippen molar-refractivity contribution >= 4 is 11.7 Å². The van der Waals surface area contributed by atoms with Crippen LogP contribution in [-0.2, 0) is 0 Å². The third kappa shape index (κ3) is 5.33. The number of hydrogen-bond donors (Lipinski definition) is 2. The van der Waals surface area contributed by atoms with Crippen molar-refractivity contribution in [3.63, 3.8) is 0 Å². The van der Waals surface area contributed by atoms with E-state index in [0.717, 1.165) is 0 Å². The van der Waals surface area contributed by atoms with Crippen molar-refractivity contribution in [1.82, 2.24) is 5.32 Å². The highest BCUT2D eigenvalue weighted by molar-refractivity contribution is 6.15. The summed E-state index contributed by atoms with van der Waals surface area (Å²) in [5, 5.41) is 2.84. The molecular weight excluding hydrogens is 356 g/mol. The van der Waals surface area contributed by atoms with Crippen LogP contribution in [0.2, 0.25) is 0 Å². The predicted octanol–water partition coefficient (Wildman–Crippen LogP) is 3.04. The van der Waals surface area contributed by atoms with Gasteiger partial charge in [-0.2, -0.15) is 0 Å². The number of amides is 1. The van der Waals surface area contributed by atoms with Crippen molar-refractivity contribution in [3.05, 3.63) is 59.2 Å². The summed E-state index contributed by atoms with van der Waals surface area (Å²) in [4.78, 5) is 25.7. The molecule has 0 aliphatic rings. The molecule has 150 valence electrons. The van der Waals surface area contributed by atoms with Crippen molar-refractivity contribution in [2.24, 2.45) is 11.7 Å². The van der Waals surface area contributed by atoms with Crippen LogP contribution in [0.3, 0.4) is 0 Å². The molecule has 0 heterocycles. The summed E-state index contributed by atoms with van der Waals surface area (Å²) in [6.07, 6.45) is 0. The average Bonchev–Trinajstić information content (AvgIpc) is 2.72. The van der Waals surface area contributed by atoms with E-state index in [1.165, 1.54) is 0 Å². The highest BCUT2D eigenvalue weighted by atomic mass is 16.5. The molecule has 6 nitrogen and oxygen atoms in total. The van der Waals surface area contributed by atoms with E-state index in [0.29, 0.717) is 54.5 Å². The minimum Gasteiger partial charge on any atom is -0.490 e. The third-order valence-corrected chi connectivity index (χ3v) is 4.24. The molecule has 1 unspecified atom stereocenters. The molecule has 0 aliphatic carbocycles. The normalized spacial score (nSPS) is 11.6. The lowest BCUT2D eigenvalue weighted by Crippen LogP contribution is -2.32. The predicted molar refractivity (Wildman–Crippen MR) is 109 cm³/mol. The molecule has 6 heteroatoms. The van der Waals surface area contributed by atoms with Gasteiger partial charge in [0.2, 0.25) is 0 Å². The second-order valence-electron chi connectivity index (χ2n) is 6.45. The quantitative estimate of drug-likeness (QED) is 0.615. The van der Waals surface area contributed by atoms with Crippen LogP contribution >= 0.6 is 0 Å². The first-order valence-electron chi connectivity index (χ1n) is 9.53. The molecule has 2 rings (SSSR count). The van der Waals surface area contributed by atoms with Crippen molar-refractivity contribution in [1.29, 1.82) is 0 Å². The number of ether oxygens (including phenoxy) is 2.